The van der Waals surface area contributed by atoms with Gasteiger partial charge >= 0.3 is 0 Å². The minimum Gasteiger partial charge on any atom is -0.394 e. The molecule has 1 heterocycles. The van der Waals surface area contributed by atoms with Gasteiger partial charge in [0, 0.05) is 24.7 Å². The van der Waals surface area contributed by atoms with Gasteiger partial charge in [-0.05, 0) is 32.2 Å². The minimum atomic E-state index is -0.107. The molecule has 1 saturated heterocycles. The summed E-state index contributed by atoms with van der Waals surface area (Å²) in [4.78, 5) is 2.50. The number of hydrogen-bond donors (Lipinski definition) is 2. The van der Waals surface area contributed by atoms with Crippen molar-refractivity contribution in [3.63, 3.8) is 0 Å². The van der Waals surface area contributed by atoms with Crippen LogP contribution in [0.1, 0.15) is 53.4 Å². The topological polar surface area (TPSA) is 44.7 Å². The molecule has 2 unspecified atom stereocenters. The highest BCUT2D eigenvalue weighted by Crippen LogP contribution is 2.19. The number of aliphatic hydroxyl groups excluding tert-OH is 1. The predicted octanol–water partition coefficient (Wildman–Crippen LogP) is 2.02. The van der Waals surface area contributed by atoms with E-state index in [1.165, 1.54) is 0 Å². The van der Waals surface area contributed by atoms with Crippen LogP contribution in [0, 0.1) is 0 Å². The molecule has 1 aliphatic rings. The molecule has 4 nitrogen and oxygen atoms in total. The van der Waals surface area contributed by atoms with E-state index in [4.69, 9.17) is 4.74 Å². The fourth-order valence-electron chi connectivity index (χ4n) is 3.07. The number of morpholine rings is 1. The molecule has 0 amide bonds. The Bertz CT molecular complexity index is 255. The van der Waals surface area contributed by atoms with Crippen molar-refractivity contribution in [1.29, 1.82) is 0 Å². The van der Waals surface area contributed by atoms with Crippen LogP contribution in [0.2, 0.25) is 0 Å². The second-order valence-corrected chi connectivity index (χ2v) is 6.40. The van der Waals surface area contributed by atoms with Gasteiger partial charge in [-0.25, -0.2) is 0 Å². The molecule has 0 saturated carbocycles. The summed E-state index contributed by atoms with van der Waals surface area (Å²) in [6.45, 7) is 13.0. The van der Waals surface area contributed by atoms with E-state index in [9.17, 15) is 5.11 Å². The predicted molar refractivity (Wildman–Crippen MR) is 84.1 cm³/mol. The molecule has 1 rings (SSSR count). The van der Waals surface area contributed by atoms with Crippen LogP contribution < -0.4 is 5.32 Å². The van der Waals surface area contributed by atoms with Crippen molar-refractivity contribution >= 4 is 0 Å². The van der Waals surface area contributed by atoms with Gasteiger partial charge < -0.3 is 15.2 Å². The van der Waals surface area contributed by atoms with Gasteiger partial charge in [0.05, 0.1) is 19.3 Å². The van der Waals surface area contributed by atoms with Crippen molar-refractivity contribution in [2.75, 3.05) is 32.8 Å². The molecule has 0 aromatic heterocycles. The van der Waals surface area contributed by atoms with Crippen LogP contribution in [0.15, 0.2) is 0 Å². The molecular formula is C16H34N2O2. The number of aliphatic hydroxyl groups is 1. The van der Waals surface area contributed by atoms with E-state index < -0.39 is 0 Å². The Morgan fingerprint density at radius 1 is 1.40 bits per heavy atom. The average Bonchev–Trinajstić information content (AvgIpc) is 2.46. The lowest BCUT2D eigenvalue weighted by Crippen LogP contribution is -2.51. The zero-order valence-corrected chi connectivity index (χ0v) is 13.8. The monoisotopic (exact) mass is 286 g/mol. The summed E-state index contributed by atoms with van der Waals surface area (Å²) in [7, 11) is 0. The number of nitrogens with one attached hydrogen (secondary N) is 1. The number of rotatable bonds is 9. The van der Waals surface area contributed by atoms with Crippen LogP contribution in [0.3, 0.4) is 0 Å². The molecule has 0 aliphatic carbocycles. The Balaban J connectivity index is 2.36. The third-order valence-corrected chi connectivity index (χ3v) is 4.38. The quantitative estimate of drug-likeness (QED) is 0.681. The summed E-state index contributed by atoms with van der Waals surface area (Å²) in [5, 5.41) is 13.3. The van der Waals surface area contributed by atoms with Crippen molar-refractivity contribution < 1.29 is 9.84 Å². The third-order valence-electron chi connectivity index (χ3n) is 4.38. The maximum absolute atomic E-state index is 9.75. The summed E-state index contributed by atoms with van der Waals surface area (Å²) >= 11 is 0. The van der Waals surface area contributed by atoms with E-state index in [0.717, 1.165) is 51.9 Å². The van der Waals surface area contributed by atoms with Gasteiger partial charge in [0.25, 0.3) is 0 Å². The molecule has 0 spiro atoms. The summed E-state index contributed by atoms with van der Waals surface area (Å²) < 4.78 is 5.71. The van der Waals surface area contributed by atoms with E-state index in [1.807, 2.05) is 0 Å². The average molecular weight is 286 g/mol. The van der Waals surface area contributed by atoms with Crippen LogP contribution in [0.4, 0.5) is 0 Å². The van der Waals surface area contributed by atoms with Crippen LogP contribution in [-0.4, -0.2) is 60.5 Å². The fraction of sp³-hybridized carbons (Fsp3) is 1.00. The molecule has 0 aromatic carbocycles. The van der Waals surface area contributed by atoms with Crippen molar-refractivity contribution in [3.8, 4) is 0 Å². The zero-order valence-electron chi connectivity index (χ0n) is 13.8. The number of nitrogens with zero attached hydrogens (tertiary/aromatic N) is 1. The SMILES string of the molecule is CCC1CN(CCCC(CC)(CO)NC(C)C)CCO1. The number of ether oxygens (including phenoxy) is 1. The van der Waals surface area contributed by atoms with Gasteiger partial charge in [0.2, 0.25) is 0 Å². The normalized spacial score (nSPS) is 24.0. The van der Waals surface area contributed by atoms with E-state index in [0.29, 0.717) is 12.1 Å². The summed E-state index contributed by atoms with van der Waals surface area (Å²) in [5.74, 6) is 0. The summed E-state index contributed by atoms with van der Waals surface area (Å²) in [6.07, 6.45) is 4.64. The molecule has 2 atom stereocenters. The summed E-state index contributed by atoms with van der Waals surface area (Å²) in [5.41, 5.74) is -0.107. The van der Waals surface area contributed by atoms with E-state index in [2.05, 4.69) is 37.9 Å². The molecule has 1 fully saturated rings. The van der Waals surface area contributed by atoms with Gasteiger partial charge in [-0.3, -0.25) is 4.90 Å². The zero-order chi connectivity index (χ0) is 15.0. The Morgan fingerprint density at radius 3 is 2.70 bits per heavy atom. The molecule has 20 heavy (non-hydrogen) atoms. The molecule has 0 radical (unpaired) electrons. The molecule has 120 valence electrons. The second kappa shape index (κ2) is 8.98. The Labute approximate surface area is 124 Å². The minimum absolute atomic E-state index is 0.107. The highest BCUT2D eigenvalue weighted by atomic mass is 16.5. The van der Waals surface area contributed by atoms with Crippen LogP contribution in [0.25, 0.3) is 0 Å². The van der Waals surface area contributed by atoms with Crippen LogP contribution >= 0.6 is 0 Å². The first-order valence-corrected chi connectivity index (χ1v) is 8.27. The largest absolute Gasteiger partial charge is 0.394 e. The van der Waals surface area contributed by atoms with Crippen molar-refractivity contribution in [3.05, 3.63) is 0 Å². The maximum atomic E-state index is 9.75. The van der Waals surface area contributed by atoms with Gasteiger partial charge in [-0.1, -0.05) is 27.7 Å². The Hall–Kier alpha value is -0.160. The molecule has 2 N–H and O–H groups in total. The van der Waals surface area contributed by atoms with Crippen LogP contribution in [0.5, 0.6) is 0 Å². The molecular weight excluding hydrogens is 252 g/mol. The smallest absolute Gasteiger partial charge is 0.0700 e. The van der Waals surface area contributed by atoms with Gasteiger partial charge in [0.1, 0.15) is 0 Å². The van der Waals surface area contributed by atoms with E-state index >= 15 is 0 Å². The van der Waals surface area contributed by atoms with Crippen LogP contribution in [-0.2, 0) is 4.74 Å². The molecule has 0 aromatic rings. The van der Waals surface area contributed by atoms with Crippen molar-refractivity contribution in [1.82, 2.24) is 10.2 Å². The maximum Gasteiger partial charge on any atom is 0.0700 e. The van der Waals surface area contributed by atoms with Gasteiger partial charge in [0.15, 0.2) is 0 Å². The van der Waals surface area contributed by atoms with Gasteiger partial charge in [-0.15, -0.1) is 0 Å². The first kappa shape index (κ1) is 17.9. The second-order valence-electron chi connectivity index (χ2n) is 6.40. The first-order chi connectivity index (χ1) is 9.55. The lowest BCUT2D eigenvalue weighted by Gasteiger charge is -2.36. The lowest BCUT2D eigenvalue weighted by molar-refractivity contribution is -0.0307. The summed E-state index contributed by atoms with van der Waals surface area (Å²) in [6, 6.07) is 0.412. The molecule has 4 heteroatoms. The highest BCUT2D eigenvalue weighted by molar-refractivity contribution is 4.88. The molecule has 1 aliphatic heterocycles. The van der Waals surface area contributed by atoms with E-state index in [1.54, 1.807) is 0 Å². The third kappa shape index (κ3) is 5.68. The van der Waals surface area contributed by atoms with Gasteiger partial charge in [-0.2, -0.15) is 0 Å². The molecule has 0 bridgehead atoms. The van der Waals surface area contributed by atoms with Crippen molar-refractivity contribution in [2.45, 2.75) is 71.1 Å². The Kier molecular flexibility index (Phi) is 8.03. The first-order valence-electron chi connectivity index (χ1n) is 8.27. The fourth-order valence-corrected chi connectivity index (χ4v) is 3.07. The van der Waals surface area contributed by atoms with E-state index in [-0.39, 0.29) is 12.1 Å². The standard InChI is InChI=1S/C16H34N2O2/c1-5-15-12-18(10-11-20-15)9-7-8-16(6-2,13-19)17-14(3)4/h14-15,17,19H,5-13H2,1-4H3. The van der Waals surface area contributed by atoms with Crippen molar-refractivity contribution in [2.24, 2.45) is 0 Å². The lowest BCUT2D eigenvalue weighted by atomic mass is 9.90. The Morgan fingerprint density at radius 2 is 2.15 bits per heavy atom. The highest BCUT2D eigenvalue weighted by Gasteiger charge is 2.28. The number of hydrogen-bond acceptors (Lipinski definition) is 4.